The summed E-state index contributed by atoms with van der Waals surface area (Å²) in [5.41, 5.74) is -0.822. The molecular weight excluding hydrogens is 464 g/mol. The molecule has 4 saturated carbocycles. The minimum atomic E-state index is -1.95. The van der Waals surface area contributed by atoms with Crippen molar-refractivity contribution in [3.63, 3.8) is 0 Å². The molecule has 5 aliphatic rings. The molecule has 0 aromatic carbocycles. The summed E-state index contributed by atoms with van der Waals surface area (Å²) in [5, 5.41) is 0. The predicted octanol–water partition coefficient (Wildman–Crippen LogP) is 4.91. The van der Waals surface area contributed by atoms with E-state index in [1.807, 2.05) is 6.92 Å². The summed E-state index contributed by atoms with van der Waals surface area (Å²) in [5.74, 6) is -0.729. The zero-order valence-corrected chi connectivity index (χ0v) is 24.2. The van der Waals surface area contributed by atoms with E-state index in [2.05, 4.69) is 45.9 Å². The van der Waals surface area contributed by atoms with Gasteiger partial charge in [0, 0.05) is 17.3 Å². The molecule has 34 heavy (non-hydrogen) atoms. The first-order valence-corrected chi connectivity index (χ1v) is 19.8. The molecular formula is C26H42O6Si2. The molecule has 5 fully saturated rings. The van der Waals surface area contributed by atoms with Crippen molar-refractivity contribution in [3.8, 4) is 0 Å². The Morgan fingerprint density at radius 1 is 1.06 bits per heavy atom. The summed E-state index contributed by atoms with van der Waals surface area (Å²) in [4.78, 5) is 27.5. The van der Waals surface area contributed by atoms with E-state index in [4.69, 9.17) is 18.3 Å². The molecule has 0 radical (unpaired) electrons. The lowest BCUT2D eigenvalue weighted by molar-refractivity contribution is -0.167. The number of esters is 2. The van der Waals surface area contributed by atoms with Crippen LogP contribution in [0.15, 0.2) is 12.2 Å². The maximum Gasteiger partial charge on any atom is 0.315 e. The van der Waals surface area contributed by atoms with Crippen LogP contribution in [0.4, 0.5) is 0 Å². The SMILES string of the molecule is C=C1C2CC[C@H]3[C@@]45CC[C@H](O[Si](C)(C)C)C(C)(C(=O)O4)[C@H]5[C@H](C(=O)OC)[C@]3(C2)[C@H]1O[Si](C)(C)C. The maximum absolute atomic E-state index is 13.8. The van der Waals surface area contributed by atoms with Crippen molar-refractivity contribution >= 4 is 28.6 Å². The monoisotopic (exact) mass is 506 g/mol. The number of ether oxygens (including phenoxy) is 2. The zero-order valence-electron chi connectivity index (χ0n) is 22.2. The number of fused-ring (bicyclic) bond motifs is 1. The van der Waals surface area contributed by atoms with Crippen LogP contribution in [-0.4, -0.2) is 53.5 Å². The van der Waals surface area contributed by atoms with E-state index in [0.29, 0.717) is 5.92 Å². The van der Waals surface area contributed by atoms with Crippen molar-refractivity contribution in [1.82, 2.24) is 0 Å². The van der Waals surface area contributed by atoms with Crippen LogP contribution in [0.3, 0.4) is 0 Å². The minimum Gasteiger partial charge on any atom is -0.469 e. The molecule has 0 amide bonds. The smallest absolute Gasteiger partial charge is 0.315 e. The maximum atomic E-state index is 13.8. The van der Waals surface area contributed by atoms with Crippen molar-refractivity contribution in [2.75, 3.05) is 7.11 Å². The molecule has 4 aliphatic carbocycles. The highest BCUT2D eigenvalue weighted by Gasteiger charge is 2.85. The van der Waals surface area contributed by atoms with E-state index in [1.165, 1.54) is 7.11 Å². The van der Waals surface area contributed by atoms with Gasteiger partial charge in [0.2, 0.25) is 0 Å². The van der Waals surface area contributed by atoms with Gasteiger partial charge in [-0.3, -0.25) is 9.59 Å². The van der Waals surface area contributed by atoms with Crippen LogP contribution in [0.1, 0.15) is 39.0 Å². The molecule has 0 aromatic rings. The van der Waals surface area contributed by atoms with Crippen LogP contribution in [0.5, 0.6) is 0 Å². The van der Waals surface area contributed by atoms with E-state index in [0.717, 1.165) is 37.7 Å². The Balaban J connectivity index is 1.71. The standard InChI is InChI=1S/C26H42O6Si2/c1-15-16-10-11-17-25(14-16,21(15)32-34(7,8)9)19(22(27)29-3)20-24(2)18(31-33(4,5)6)12-13-26(17,20)30-23(24)28/h16-21H,1,10-14H2,2-9H3/t16?,17-,18+,19-,20-,21+,24?,25-,26-/m1/s1. The third-order valence-corrected chi connectivity index (χ3v) is 11.6. The lowest BCUT2D eigenvalue weighted by Gasteiger charge is -2.47. The van der Waals surface area contributed by atoms with Gasteiger partial charge in [-0.1, -0.05) is 6.58 Å². The largest absolute Gasteiger partial charge is 0.469 e. The van der Waals surface area contributed by atoms with Crippen LogP contribution in [0, 0.1) is 34.5 Å². The average Bonchev–Trinajstić information content (AvgIpc) is 3.16. The second kappa shape index (κ2) is 7.29. The van der Waals surface area contributed by atoms with Gasteiger partial charge < -0.3 is 18.3 Å². The van der Waals surface area contributed by atoms with Crippen molar-refractivity contribution in [3.05, 3.63) is 12.2 Å². The Kier molecular flexibility index (Phi) is 5.30. The zero-order chi connectivity index (χ0) is 25.1. The van der Waals surface area contributed by atoms with Crippen molar-refractivity contribution in [1.29, 1.82) is 0 Å². The molecule has 0 aromatic heterocycles. The van der Waals surface area contributed by atoms with Gasteiger partial charge in [-0.15, -0.1) is 0 Å². The van der Waals surface area contributed by atoms with E-state index >= 15 is 0 Å². The van der Waals surface area contributed by atoms with E-state index < -0.39 is 39.0 Å². The first kappa shape index (κ1) is 24.7. The quantitative estimate of drug-likeness (QED) is 0.300. The number of hydrogen-bond donors (Lipinski definition) is 0. The fraction of sp³-hybridized carbons (Fsp3) is 0.846. The van der Waals surface area contributed by atoms with Crippen molar-refractivity contribution in [2.24, 2.45) is 34.5 Å². The second-order valence-electron chi connectivity index (χ2n) is 13.7. The molecule has 1 spiro atoms. The van der Waals surface area contributed by atoms with Crippen molar-refractivity contribution < 1.29 is 27.9 Å². The Hall–Kier alpha value is -0.966. The average molecular weight is 507 g/mol. The highest BCUT2D eigenvalue weighted by atomic mass is 28.4. The van der Waals surface area contributed by atoms with Gasteiger partial charge in [0.1, 0.15) is 5.60 Å². The third-order valence-electron chi connectivity index (χ3n) is 9.69. The molecule has 1 aliphatic heterocycles. The summed E-state index contributed by atoms with van der Waals surface area (Å²) in [7, 11) is -2.41. The van der Waals surface area contributed by atoms with Gasteiger partial charge in [0.25, 0.3) is 0 Å². The Morgan fingerprint density at radius 3 is 2.29 bits per heavy atom. The number of methoxy groups -OCH3 is 1. The van der Waals surface area contributed by atoms with Crippen LogP contribution in [0.25, 0.3) is 0 Å². The summed E-state index contributed by atoms with van der Waals surface area (Å²) >= 11 is 0. The third kappa shape index (κ3) is 3.04. The van der Waals surface area contributed by atoms with Gasteiger partial charge in [-0.25, -0.2) is 0 Å². The summed E-state index contributed by atoms with van der Waals surface area (Å²) in [6.45, 7) is 19.6. The predicted molar refractivity (Wildman–Crippen MR) is 134 cm³/mol. The molecule has 4 bridgehead atoms. The molecule has 2 unspecified atom stereocenters. The summed E-state index contributed by atoms with van der Waals surface area (Å²) < 4.78 is 25.6. The first-order chi connectivity index (χ1) is 15.6. The normalized spacial score (nSPS) is 47.3. The highest BCUT2D eigenvalue weighted by molar-refractivity contribution is 6.70. The molecule has 0 N–H and O–H groups in total. The molecule has 6 nitrogen and oxygen atoms in total. The number of carbonyl (C=O) groups excluding carboxylic acids is 2. The summed E-state index contributed by atoms with van der Waals surface area (Å²) in [6, 6.07) is 0. The molecule has 1 heterocycles. The van der Waals surface area contributed by atoms with Gasteiger partial charge in [0.15, 0.2) is 16.6 Å². The van der Waals surface area contributed by atoms with Crippen LogP contribution in [-0.2, 0) is 27.9 Å². The van der Waals surface area contributed by atoms with Crippen LogP contribution in [0.2, 0.25) is 39.3 Å². The molecule has 5 rings (SSSR count). The number of hydrogen-bond acceptors (Lipinski definition) is 6. The van der Waals surface area contributed by atoms with E-state index in [1.54, 1.807) is 0 Å². The Bertz CT molecular complexity index is 937. The lowest BCUT2D eigenvalue weighted by Crippen LogP contribution is -2.56. The number of carbonyl (C=O) groups is 2. The molecule has 9 atom stereocenters. The molecule has 190 valence electrons. The highest BCUT2D eigenvalue weighted by Crippen LogP contribution is 2.78. The minimum absolute atomic E-state index is 0.0737. The first-order valence-electron chi connectivity index (χ1n) is 13.0. The van der Waals surface area contributed by atoms with Gasteiger partial charge >= 0.3 is 11.9 Å². The Morgan fingerprint density at radius 2 is 1.71 bits per heavy atom. The van der Waals surface area contributed by atoms with Crippen LogP contribution < -0.4 is 0 Å². The van der Waals surface area contributed by atoms with Gasteiger partial charge in [0.05, 0.1) is 30.7 Å². The lowest BCUT2D eigenvalue weighted by atomic mass is 9.59. The molecule has 8 heteroatoms. The van der Waals surface area contributed by atoms with Gasteiger partial charge in [-0.05, 0) is 89.8 Å². The summed E-state index contributed by atoms with van der Waals surface area (Å²) in [6.07, 6.45) is 3.91. The van der Waals surface area contributed by atoms with Crippen LogP contribution >= 0.6 is 0 Å². The van der Waals surface area contributed by atoms with E-state index in [9.17, 15) is 9.59 Å². The number of rotatable bonds is 5. The van der Waals surface area contributed by atoms with Crippen molar-refractivity contribution in [2.45, 2.75) is 96.1 Å². The molecule has 1 saturated heterocycles. The van der Waals surface area contributed by atoms with E-state index in [-0.39, 0.29) is 36.0 Å². The fourth-order valence-electron chi connectivity index (χ4n) is 8.88. The fourth-order valence-corrected chi connectivity index (χ4v) is 11.2. The Labute approximate surface area is 206 Å². The van der Waals surface area contributed by atoms with Gasteiger partial charge in [-0.2, -0.15) is 0 Å². The second-order valence-corrected chi connectivity index (χ2v) is 22.6. The topological polar surface area (TPSA) is 71.1 Å².